The van der Waals surface area contributed by atoms with Gasteiger partial charge in [-0.05, 0) is 33.2 Å². The minimum absolute atomic E-state index is 0.00307. The number of halogens is 2. The molecule has 0 aliphatic carbocycles. The molecule has 2 aromatic rings. The van der Waals surface area contributed by atoms with Gasteiger partial charge in [0.2, 0.25) is 0 Å². The van der Waals surface area contributed by atoms with E-state index < -0.39 is 0 Å². The molecule has 1 aromatic heterocycles. The number of rotatable bonds is 3. The summed E-state index contributed by atoms with van der Waals surface area (Å²) in [6.45, 7) is 1.37. The van der Waals surface area contributed by atoms with Gasteiger partial charge in [-0.25, -0.2) is 4.39 Å². The number of benzene rings is 1. The van der Waals surface area contributed by atoms with Crippen LogP contribution in [0.15, 0.2) is 27.2 Å². The highest BCUT2D eigenvalue weighted by Crippen LogP contribution is 2.29. The maximum Gasteiger partial charge on any atom is 0.330 e. The molecule has 0 atom stereocenters. The molecular formula is C14H12BrFN4O2. The number of nitriles is 1. The van der Waals surface area contributed by atoms with Crippen LogP contribution in [0, 0.1) is 17.1 Å². The van der Waals surface area contributed by atoms with Crippen LogP contribution in [0.5, 0.6) is 5.75 Å². The number of piperidine rings is 1. The van der Waals surface area contributed by atoms with Crippen LogP contribution in [0.4, 0.5) is 10.3 Å². The first kappa shape index (κ1) is 14.8. The molecule has 8 heteroatoms. The molecule has 114 valence electrons. The van der Waals surface area contributed by atoms with Gasteiger partial charge >= 0.3 is 5.89 Å². The Morgan fingerprint density at radius 2 is 2.18 bits per heavy atom. The number of hydrogen-bond donors (Lipinski definition) is 0. The Hall–Kier alpha value is -2.14. The predicted octanol–water partition coefficient (Wildman–Crippen LogP) is 2.89. The molecule has 6 nitrogen and oxygen atoms in total. The molecule has 0 unspecified atom stereocenters. The fraction of sp³-hybridized carbons (Fsp3) is 0.357. The molecule has 1 aromatic carbocycles. The Balaban J connectivity index is 1.60. The quantitative estimate of drug-likeness (QED) is 0.831. The van der Waals surface area contributed by atoms with E-state index in [0.29, 0.717) is 24.8 Å². The van der Waals surface area contributed by atoms with Crippen LogP contribution in [0.2, 0.25) is 0 Å². The molecule has 0 saturated carbocycles. The summed E-state index contributed by atoms with van der Waals surface area (Å²) in [7, 11) is 0. The summed E-state index contributed by atoms with van der Waals surface area (Å²) in [5.74, 6) is 0.551. The lowest BCUT2D eigenvalue weighted by molar-refractivity contribution is 0.168. The number of hydrogen-bond acceptors (Lipinski definition) is 6. The van der Waals surface area contributed by atoms with E-state index >= 15 is 0 Å². The molecule has 0 radical (unpaired) electrons. The maximum absolute atomic E-state index is 13.3. The van der Waals surface area contributed by atoms with Crippen molar-refractivity contribution in [3.63, 3.8) is 0 Å². The second-order valence-corrected chi connectivity index (χ2v) is 5.74. The van der Waals surface area contributed by atoms with E-state index in [4.69, 9.17) is 14.5 Å². The highest BCUT2D eigenvalue weighted by atomic mass is 79.9. The minimum atomic E-state index is -0.327. The van der Waals surface area contributed by atoms with Crippen molar-refractivity contribution in [1.82, 2.24) is 10.1 Å². The van der Waals surface area contributed by atoms with Gasteiger partial charge in [0, 0.05) is 32.0 Å². The number of ether oxygens (including phenoxy) is 1. The largest absolute Gasteiger partial charge is 0.489 e. The molecule has 22 heavy (non-hydrogen) atoms. The zero-order valence-electron chi connectivity index (χ0n) is 11.5. The van der Waals surface area contributed by atoms with Crippen molar-refractivity contribution in [2.75, 3.05) is 18.0 Å². The van der Waals surface area contributed by atoms with E-state index in [1.807, 2.05) is 11.0 Å². The Morgan fingerprint density at radius 1 is 1.41 bits per heavy atom. The van der Waals surface area contributed by atoms with E-state index in [1.165, 1.54) is 12.1 Å². The predicted molar refractivity (Wildman–Crippen MR) is 79.0 cm³/mol. The second-order valence-electron chi connectivity index (χ2n) is 4.89. The molecule has 1 aliphatic rings. The summed E-state index contributed by atoms with van der Waals surface area (Å²) in [6, 6.07) is 6.18. The summed E-state index contributed by atoms with van der Waals surface area (Å²) >= 11 is 3.35. The minimum Gasteiger partial charge on any atom is -0.489 e. The first-order chi connectivity index (χ1) is 10.7. The third-order valence-corrected chi connectivity index (χ3v) is 4.08. The number of nitrogens with zero attached hydrogens (tertiary/aromatic N) is 4. The molecule has 1 saturated heterocycles. The van der Waals surface area contributed by atoms with Gasteiger partial charge in [-0.2, -0.15) is 10.2 Å². The summed E-state index contributed by atoms with van der Waals surface area (Å²) in [5, 5.41) is 12.4. The fourth-order valence-electron chi connectivity index (χ4n) is 2.31. The van der Waals surface area contributed by atoms with Gasteiger partial charge in [-0.3, -0.25) is 0 Å². The topological polar surface area (TPSA) is 75.2 Å². The number of aromatic nitrogens is 2. The molecule has 1 fully saturated rings. The summed E-state index contributed by atoms with van der Waals surface area (Å²) in [6.07, 6.45) is 1.50. The molecular weight excluding hydrogens is 355 g/mol. The maximum atomic E-state index is 13.3. The lowest BCUT2D eigenvalue weighted by Gasteiger charge is -2.31. The van der Waals surface area contributed by atoms with Crippen molar-refractivity contribution in [3.05, 3.63) is 34.4 Å². The summed E-state index contributed by atoms with van der Waals surface area (Å²) in [4.78, 5) is 5.91. The van der Waals surface area contributed by atoms with Gasteiger partial charge in [0.15, 0.2) is 6.07 Å². The second kappa shape index (κ2) is 6.32. The lowest BCUT2D eigenvalue weighted by atomic mass is 10.1. The number of anilines is 1. The first-order valence-corrected chi connectivity index (χ1v) is 7.55. The van der Waals surface area contributed by atoms with E-state index in [0.717, 1.165) is 17.3 Å². The van der Waals surface area contributed by atoms with Gasteiger partial charge in [0.05, 0.1) is 4.47 Å². The Bertz CT molecular complexity index is 707. The molecule has 0 N–H and O–H groups in total. The molecule has 1 aliphatic heterocycles. The first-order valence-electron chi connectivity index (χ1n) is 6.76. The summed E-state index contributed by atoms with van der Waals surface area (Å²) in [5.41, 5.74) is 0. The Labute approximate surface area is 134 Å². The van der Waals surface area contributed by atoms with Crippen molar-refractivity contribution >= 4 is 21.9 Å². The van der Waals surface area contributed by atoms with Gasteiger partial charge in [-0.1, -0.05) is 0 Å². The van der Waals surface area contributed by atoms with Crippen LogP contribution >= 0.6 is 15.9 Å². The van der Waals surface area contributed by atoms with Crippen molar-refractivity contribution in [3.8, 4) is 11.8 Å². The van der Waals surface area contributed by atoms with Crippen LogP contribution < -0.4 is 9.64 Å². The van der Waals surface area contributed by atoms with E-state index in [2.05, 4.69) is 26.1 Å². The lowest BCUT2D eigenvalue weighted by Crippen LogP contribution is -2.38. The Morgan fingerprint density at radius 3 is 2.86 bits per heavy atom. The van der Waals surface area contributed by atoms with Gasteiger partial charge < -0.3 is 14.2 Å². The monoisotopic (exact) mass is 366 g/mol. The summed E-state index contributed by atoms with van der Waals surface area (Å²) < 4.78 is 24.6. The van der Waals surface area contributed by atoms with Crippen LogP contribution in [0.3, 0.4) is 0 Å². The zero-order valence-corrected chi connectivity index (χ0v) is 13.1. The average Bonchev–Trinajstić information content (AvgIpc) is 3.01. The van der Waals surface area contributed by atoms with Crippen molar-refractivity contribution in [1.29, 1.82) is 5.26 Å². The van der Waals surface area contributed by atoms with Crippen LogP contribution in [0.1, 0.15) is 18.7 Å². The highest BCUT2D eigenvalue weighted by Gasteiger charge is 2.24. The SMILES string of the molecule is N#Cc1nc(N2CCC(Oc3cc(F)ccc3Br)CC2)no1. The smallest absolute Gasteiger partial charge is 0.330 e. The average molecular weight is 367 g/mol. The van der Waals surface area contributed by atoms with Gasteiger partial charge in [0.1, 0.15) is 17.7 Å². The van der Waals surface area contributed by atoms with Crippen LogP contribution in [-0.4, -0.2) is 29.3 Å². The molecule has 0 bridgehead atoms. The normalized spacial score (nSPS) is 15.6. The molecule has 0 amide bonds. The van der Waals surface area contributed by atoms with E-state index in [-0.39, 0.29) is 17.8 Å². The van der Waals surface area contributed by atoms with Crippen molar-refractivity contribution < 1.29 is 13.7 Å². The van der Waals surface area contributed by atoms with Crippen molar-refractivity contribution in [2.24, 2.45) is 0 Å². The fourth-order valence-corrected chi connectivity index (χ4v) is 2.65. The van der Waals surface area contributed by atoms with E-state index in [1.54, 1.807) is 6.07 Å². The highest BCUT2D eigenvalue weighted by molar-refractivity contribution is 9.10. The third kappa shape index (κ3) is 3.20. The zero-order chi connectivity index (χ0) is 15.5. The van der Waals surface area contributed by atoms with Crippen molar-refractivity contribution in [2.45, 2.75) is 18.9 Å². The molecule has 2 heterocycles. The molecule has 0 spiro atoms. The Kier molecular flexibility index (Phi) is 4.24. The van der Waals surface area contributed by atoms with E-state index in [9.17, 15) is 4.39 Å². The standard InChI is InChI=1S/C14H12BrFN4O2/c15-11-2-1-9(16)7-12(11)21-10-3-5-20(6-4-10)14-18-13(8-17)22-19-14/h1-2,7,10H,3-6H2. The van der Waals surface area contributed by atoms with Crippen LogP contribution in [0.25, 0.3) is 0 Å². The van der Waals surface area contributed by atoms with Gasteiger partial charge in [0.25, 0.3) is 5.95 Å². The van der Waals surface area contributed by atoms with Gasteiger partial charge in [-0.15, -0.1) is 0 Å². The third-order valence-electron chi connectivity index (χ3n) is 3.42. The van der Waals surface area contributed by atoms with Crippen LogP contribution in [-0.2, 0) is 0 Å². The molecule has 3 rings (SSSR count).